The molecular weight excluding hydrogens is 291 g/mol. The minimum absolute atomic E-state index is 0.212. The highest BCUT2D eigenvalue weighted by Gasteiger charge is 2.26. The van der Waals surface area contributed by atoms with E-state index in [2.05, 4.69) is 20.9 Å². The monoisotopic (exact) mass is 310 g/mol. The van der Waals surface area contributed by atoms with Gasteiger partial charge in [0.25, 0.3) is 0 Å². The summed E-state index contributed by atoms with van der Waals surface area (Å²) in [6, 6.07) is 10.0. The van der Waals surface area contributed by atoms with Crippen LogP contribution in [0.15, 0.2) is 55.2 Å². The molecule has 0 bridgehead atoms. The predicted molar refractivity (Wildman–Crippen MR) is 86.7 cm³/mol. The van der Waals surface area contributed by atoms with Crippen molar-refractivity contribution in [1.29, 1.82) is 0 Å². The van der Waals surface area contributed by atoms with Crippen molar-refractivity contribution in [3.8, 4) is 5.69 Å². The number of imidazole rings is 1. The van der Waals surface area contributed by atoms with Crippen molar-refractivity contribution in [1.82, 2.24) is 19.4 Å². The van der Waals surface area contributed by atoms with Crippen molar-refractivity contribution >= 4 is 0 Å². The molecule has 1 fully saturated rings. The summed E-state index contributed by atoms with van der Waals surface area (Å²) in [7, 11) is 0. The number of nitrogens with zero attached hydrogens (tertiary/aromatic N) is 3. The first kappa shape index (κ1) is 14.2. The largest absolute Gasteiger partial charge is 0.364 e. The molecule has 3 aromatic rings. The lowest BCUT2D eigenvalue weighted by Crippen LogP contribution is -2.23. The van der Waals surface area contributed by atoms with E-state index in [0.29, 0.717) is 11.7 Å². The molecule has 1 saturated heterocycles. The van der Waals surface area contributed by atoms with E-state index in [1.165, 1.54) is 12.1 Å². The third-order valence-electron chi connectivity index (χ3n) is 4.52. The Kier molecular flexibility index (Phi) is 3.71. The summed E-state index contributed by atoms with van der Waals surface area (Å²) in [5, 5.41) is 0. The zero-order valence-corrected chi connectivity index (χ0v) is 12.8. The highest BCUT2D eigenvalue weighted by atomic mass is 19.1. The third kappa shape index (κ3) is 2.80. The lowest BCUT2D eigenvalue weighted by atomic mass is 10.1. The fourth-order valence-electron chi connectivity index (χ4n) is 3.41. The van der Waals surface area contributed by atoms with Crippen LogP contribution in [0.1, 0.15) is 30.1 Å². The summed E-state index contributed by atoms with van der Waals surface area (Å²) >= 11 is 0. The van der Waals surface area contributed by atoms with Crippen LogP contribution in [-0.2, 0) is 6.54 Å². The molecule has 4 nitrogen and oxygen atoms in total. The van der Waals surface area contributed by atoms with E-state index in [4.69, 9.17) is 0 Å². The number of rotatable bonds is 4. The van der Waals surface area contributed by atoms with Crippen LogP contribution in [0, 0.1) is 5.82 Å². The second kappa shape index (κ2) is 6.01. The molecule has 118 valence electrons. The Hall–Kier alpha value is -2.40. The number of aromatic nitrogens is 3. The molecule has 1 unspecified atom stereocenters. The van der Waals surface area contributed by atoms with Crippen molar-refractivity contribution in [2.24, 2.45) is 0 Å². The summed E-state index contributed by atoms with van der Waals surface area (Å²) in [4.78, 5) is 9.69. The van der Waals surface area contributed by atoms with Gasteiger partial charge in [0.05, 0.1) is 18.1 Å². The van der Waals surface area contributed by atoms with E-state index >= 15 is 0 Å². The average Bonchev–Trinajstić information content (AvgIpc) is 3.30. The molecule has 1 aliphatic rings. The molecule has 1 aromatic carbocycles. The Morgan fingerprint density at radius 3 is 3.00 bits per heavy atom. The van der Waals surface area contributed by atoms with Crippen molar-refractivity contribution in [2.75, 3.05) is 6.54 Å². The van der Waals surface area contributed by atoms with Gasteiger partial charge in [-0.05, 0) is 49.2 Å². The van der Waals surface area contributed by atoms with Gasteiger partial charge in [0.15, 0.2) is 0 Å². The molecule has 0 amide bonds. The van der Waals surface area contributed by atoms with Crippen molar-refractivity contribution in [2.45, 2.75) is 25.4 Å². The second-order valence-corrected chi connectivity index (χ2v) is 6.01. The summed E-state index contributed by atoms with van der Waals surface area (Å²) in [6.45, 7) is 1.82. The average molecular weight is 310 g/mol. The Morgan fingerprint density at radius 1 is 1.30 bits per heavy atom. The van der Waals surface area contributed by atoms with Gasteiger partial charge >= 0.3 is 0 Å². The van der Waals surface area contributed by atoms with E-state index < -0.39 is 0 Å². The molecule has 0 aliphatic carbocycles. The minimum Gasteiger partial charge on any atom is -0.364 e. The molecule has 4 rings (SSSR count). The van der Waals surface area contributed by atoms with Crippen LogP contribution in [-0.4, -0.2) is 26.0 Å². The predicted octanol–water partition coefficient (Wildman–Crippen LogP) is 3.68. The molecule has 0 radical (unpaired) electrons. The summed E-state index contributed by atoms with van der Waals surface area (Å²) in [5.74, 6) is -0.212. The van der Waals surface area contributed by atoms with Gasteiger partial charge in [0.2, 0.25) is 0 Å². The van der Waals surface area contributed by atoms with Gasteiger partial charge < -0.3 is 9.55 Å². The fourth-order valence-corrected chi connectivity index (χ4v) is 3.41. The summed E-state index contributed by atoms with van der Waals surface area (Å²) < 4.78 is 16.1. The van der Waals surface area contributed by atoms with E-state index in [0.717, 1.165) is 25.1 Å². The maximum atomic E-state index is 14.4. The lowest BCUT2D eigenvalue weighted by Gasteiger charge is -2.24. The molecular formula is C18H19FN4. The van der Waals surface area contributed by atoms with E-state index in [1.54, 1.807) is 29.4 Å². The quantitative estimate of drug-likeness (QED) is 0.798. The Bertz CT molecular complexity index is 764. The van der Waals surface area contributed by atoms with E-state index in [-0.39, 0.29) is 5.82 Å². The SMILES string of the molecule is Fc1cc(CN2CCCC2c2ccc[nH]2)ccc1-n1ccnc1. The highest BCUT2D eigenvalue weighted by Crippen LogP contribution is 2.32. The maximum absolute atomic E-state index is 14.4. The number of halogens is 1. The molecule has 1 aliphatic heterocycles. The summed E-state index contributed by atoms with van der Waals surface area (Å²) in [5.41, 5.74) is 2.79. The topological polar surface area (TPSA) is 36.9 Å². The van der Waals surface area contributed by atoms with Gasteiger partial charge in [-0.3, -0.25) is 4.90 Å². The first-order valence-corrected chi connectivity index (χ1v) is 7.95. The smallest absolute Gasteiger partial charge is 0.147 e. The van der Waals surface area contributed by atoms with Crippen LogP contribution in [0.2, 0.25) is 0 Å². The van der Waals surface area contributed by atoms with Crippen LogP contribution in [0.5, 0.6) is 0 Å². The first-order valence-electron chi connectivity index (χ1n) is 7.95. The summed E-state index contributed by atoms with van der Waals surface area (Å²) in [6.07, 6.45) is 9.30. The number of aromatic amines is 1. The van der Waals surface area contributed by atoms with Crippen molar-refractivity contribution in [3.63, 3.8) is 0 Å². The van der Waals surface area contributed by atoms with Gasteiger partial charge in [0.1, 0.15) is 5.82 Å². The molecule has 3 heterocycles. The maximum Gasteiger partial charge on any atom is 0.147 e. The van der Waals surface area contributed by atoms with E-state index in [1.807, 2.05) is 24.4 Å². The molecule has 0 spiro atoms. The van der Waals surface area contributed by atoms with Crippen LogP contribution in [0.3, 0.4) is 0 Å². The zero-order valence-electron chi connectivity index (χ0n) is 12.8. The Morgan fingerprint density at radius 2 is 2.26 bits per heavy atom. The van der Waals surface area contributed by atoms with Crippen LogP contribution >= 0.6 is 0 Å². The standard InChI is InChI=1S/C18H19FN4/c19-15-11-14(5-6-17(15)23-10-8-20-13-23)12-22-9-2-4-18(22)16-3-1-7-21-16/h1,3,5-8,10-11,13,18,21H,2,4,9,12H2. The number of nitrogens with one attached hydrogen (secondary N) is 1. The van der Waals surface area contributed by atoms with Gasteiger partial charge in [-0.15, -0.1) is 0 Å². The Balaban J connectivity index is 1.54. The van der Waals surface area contributed by atoms with Crippen LogP contribution in [0.4, 0.5) is 4.39 Å². The second-order valence-electron chi connectivity index (χ2n) is 6.01. The number of likely N-dealkylation sites (tertiary alicyclic amines) is 1. The highest BCUT2D eigenvalue weighted by molar-refractivity contribution is 5.36. The van der Waals surface area contributed by atoms with Crippen LogP contribution < -0.4 is 0 Å². The number of benzene rings is 1. The molecule has 23 heavy (non-hydrogen) atoms. The van der Waals surface area contributed by atoms with Crippen molar-refractivity contribution < 1.29 is 4.39 Å². The lowest BCUT2D eigenvalue weighted by molar-refractivity contribution is 0.244. The molecule has 0 saturated carbocycles. The molecule has 1 atom stereocenters. The van der Waals surface area contributed by atoms with Gasteiger partial charge in [-0.25, -0.2) is 9.37 Å². The molecule has 2 aromatic heterocycles. The molecule has 1 N–H and O–H groups in total. The number of hydrogen-bond donors (Lipinski definition) is 1. The van der Waals surface area contributed by atoms with Gasteiger partial charge in [-0.1, -0.05) is 6.07 Å². The van der Waals surface area contributed by atoms with Crippen LogP contribution in [0.25, 0.3) is 5.69 Å². The van der Waals surface area contributed by atoms with Crippen molar-refractivity contribution in [3.05, 3.63) is 72.3 Å². The van der Waals surface area contributed by atoms with E-state index in [9.17, 15) is 4.39 Å². The Labute approximate surface area is 134 Å². The first-order chi connectivity index (χ1) is 11.3. The number of H-pyrrole nitrogens is 1. The van der Waals surface area contributed by atoms with Gasteiger partial charge in [-0.2, -0.15) is 0 Å². The molecule has 5 heteroatoms. The zero-order chi connectivity index (χ0) is 15.6. The van der Waals surface area contributed by atoms with Gasteiger partial charge in [0, 0.05) is 30.8 Å². The normalized spacial score (nSPS) is 18.6. The fraction of sp³-hybridized carbons (Fsp3) is 0.278. The minimum atomic E-state index is -0.212. The third-order valence-corrected chi connectivity index (χ3v) is 4.52. The number of hydrogen-bond acceptors (Lipinski definition) is 2.